The van der Waals surface area contributed by atoms with Gasteiger partial charge in [0.15, 0.2) is 0 Å². The van der Waals surface area contributed by atoms with E-state index in [0.717, 1.165) is 17.7 Å². The van der Waals surface area contributed by atoms with Crippen molar-refractivity contribution in [3.8, 4) is 24.7 Å². The molecule has 96 valence electrons. The van der Waals surface area contributed by atoms with E-state index in [-0.39, 0.29) is 13.1 Å². The van der Waals surface area contributed by atoms with Gasteiger partial charge in [-0.05, 0) is 18.8 Å². The molecule has 0 atom stereocenters. The van der Waals surface area contributed by atoms with Gasteiger partial charge >= 0.3 is 12.0 Å². The molecule has 0 aromatic carbocycles. The molecule has 1 N–H and O–H groups in total. The summed E-state index contributed by atoms with van der Waals surface area (Å²) in [6.07, 6.45) is 12.5. The van der Waals surface area contributed by atoms with Gasteiger partial charge in [0.1, 0.15) is 6.54 Å². The van der Waals surface area contributed by atoms with Crippen molar-refractivity contribution in [3.05, 3.63) is 0 Å². The van der Waals surface area contributed by atoms with Crippen LogP contribution in [0.3, 0.4) is 0 Å². The van der Waals surface area contributed by atoms with Crippen molar-refractivity contribution >= 4 is 12.0 Å². The zero-order valence-electron chi connectivity index (χ0n) is 10.1. The van der Waals surface area contributed by atoms with Gasteiger partial charge < -0.3 is 14.9 Å². The smallest absolute Gasteiger partial charge is 0.323 e. The lowest BCUT2D eigenvalue weighted by Gasteiger charge is -2.27. The summed E-state index contributed by atoms with van der Waals surface area (Å²) in [5.74, 6) is 4.09. The van der Waals surface area contributed by atoms with Crippen LogP contribution >= 0.6 is 0 Å². The van der Waals surface area contributed by atoms with Crippen molar-refractivity contribution in [2.75, 3.05) is 26.2 Å². The second-order valence-corrected chi connectivity index (χ2v) is 4.26. The SMILES string of the molecule is C#CCN(CC(=O)O)C(=O)N(CC#C)CC1CC1. The van der Waals surface area contributed by atoms with E-state index in [1.165, 1.54) is 4.90 Å². The maximum Gasteiger partial charge on any atom is 0.323 e. The molecule has 1 rings (SSSR count). The summed E-state index contributed by atoms with van der Waals surface area (Å²) in [7, 11) is 0. The Labute approximate surface area is 107 Å². The molecular formula is C13H16N2O3. The third-order valence-electron chi connectivity index (χ3n) is 2.61. The van der Waals surface area contributed by atoms with Crippen LogP contribution in [0.2, 0.25) is 0 Å². The lowest BCUT2D eigenvalue weighted by molar-refractivity contribution is -0.137. The Morgan fingerprint density at radius 2 is 1.72 bits per heavy atom. The summed E-state index contributed by atoms with van der Waals surface area (Å²) in [6, 6.07) is -0.403. The standard InChI is InChI=1S/C13H16N2O3/c1-3-7-14(9-11-5-6-11)13(18)15(8-4-2)10-12(16)17/h1-2,11H,5-10H2,(H,16,17). The number of carboxylic acids is 1. The summed E-state index contributed by atoms with van der Waals surface area (Å²) >= 11 is 0. The molecule has 1 aliphatic rings. The zero-order valence-corrected chi connectivity index (χ0v) is 10.1. The van der Waals surface area contributed by atoms with Crippen LogP contribution in [0.1, 0.15) is 12.8 Å². The Morgan fingerprint density at radius 1 is 1.17 bits per heavy atom. The maximum absolute atomic E-state index is 12.1. The average Bonchev–Trinajstić information content (AvgIpc) is 3.10. The van der Waals surface area contributed by atoms with Crippen LogP contribution < -0.4 is 0 Å². The molecule has 0 unspecified atom stereocenters. The number of nitrogens with zero attached hydrogens (tertiary/aromatic N) is 2. The van der Waals surface area contributed by atoms with Crippen molar-refractivity contribution in [1.29, 1.82) is 0 Å². The molecule has 0 aliphatic heterocycles. The normalized spacial score (nSPS) is 13.2. The first-order chi connectivity index (χ1) is 8.58. The Hall–Kier alpha value is -2.14. The number of aliphatic carboxylic acids is 1. The molecular weight excluding hydrogens is 232 g/mol. The molecule has 0 radical (unpaired) electrons. The van der Waals surface area contributed by atoms with E-state index in [9.17, 15) is 9.59 Å². The minimum Gasteiger partial charge on any atom is -0.480 e. The predicted molar refractivity (Wildman–Crippen MR) is 66.6 cm³/mol. The van der Waals surface area contributed by atoms with Crippen LogP contribution in [-0.2, 0) is 4.79 Å². The van der Waals surface area contributed by atoms with E-state index in [1.54, 1.807) is 0 Å². The summed E-state index contributed by atoms with van der Waals surface area (Å²) < 4.78 is 0. The van der Waals surface area contributed by atoms with E-state index >= 15 is 0 Å². The third-order valence-corrected chi connectivity index (χ3v) is 2.61. The summed E-state index contributed by atoms with van der Waals surface area (Å²) in [4.78, 5) is 25.4. The van der Waals surface area contributed by atoms with Crippen molar-refractivity contribution in [2.24, 2.45) is 5.92 Å². The molecule has 5 nitrogen and oxygen atoms in total. The van der Waals surface area contributed by atoms with Crippen LogP contribution in [0, 0.1) is 30.6 Å². The Bertz CT molecular complexity index is 401. The van der Waals surface area contributed by atoms with Crippen LogP contribution in [0.5, 0.6) is 0 Å². The zero-order chi connectivity index (χ0) is 13.5. The van der Waals surface area contributed by atoms with Crippen LogP contribution in [0.25, 0.3) is 0 Å². The molecule has 0 saturated heterocycles. The van der Waals surface area contributed by atoms with Gasteiger partial charge in [0.05, 0.1) is 13.1 Å². The van der Waals surface area contributed by atoms with Crippen molar-refractivity contribution in [1.82, 2.24) is 9.80 Å². The van der Waals surface area contributed by atoms with Gasteiger partial charge in [0.25, 0.3) is 0 Å². The van der Waals surface area contributed by atoms with Crippen molar-refractivity contribution in [3.63, 3.8) is 0 Å². The molecule has 5 heteroatoms. The second kappa shape index (κ2) is 6.56. The van der Waals surface area contributed by atoms with E-state index in [1.807, 2.05) is 0 Å². The highest BCUT2D eigenvalue weighted by atomic mass is 16.4. The largest absolute Gasteiger partial charge is 0.480 e. The Kier molecular flexibility index (Phi) is 5.07. The van der Waals surface area contributed by atoms with Gasteiger partial charge in [0, 0.05) is 6.54 Å². The first kappa shape index (κ1) is 13.9. The number of hydrogen-bond donors (Lipinski definition) is 1. The topological polar surface area (TPSA) is 60.9 Å². The number of rotatable bonds is 6. The number of urea groups is 1. The summed E-state index contributed by atoms with van der Waals surface area (Å²) in [5, 5.41) is 8.74. The molecule has 2 amide bonds. The number of terminal acetylenes is 2. The number of hydrogen-bond acceptors (Lipinski definition) is 2. The van der Waals surface area contributed by atoms with Crippen LogP contribution in [0.15, 0.2) is 0 Å². The highest BCUT2D eigenvalue weighted by Gasteiger charge is 2.29. The lowest BCUT2D eigenvalue weighted by atomic mass is 10.3. The van der Waals surface area contributed by atoms with Gasteiger partial charge in [0.2, 0.25) is 0 Å². The number of carbonyl (C=O) groups excluding carboxylic acids is 1. The van der Waals surface area contributed by atoms with Gasteiger partial charge in [-0.2, -0.15) is 0 Å². The molecule has 0 bridgehead atoms. The molecule has 1 fully saturated rings. The van der Waals surface area contributed by atoms with E-state index < -0.39 is 18.5 Å². The fourth-order valence-corrected chi connectivity index (χ4v) is 1.60. The summed E-state index contributed by atoms with van der Waals surface area (Å²) in [5.41, 5.74) is 0. The van der Waals surface area contributed by atoms with Gasteiger partial charge in [-0.3, -0.25) is 4.79 Å². The molecule has 18 heavy (non-hydrogen) atoms. The van der Waals surface area contributed by atoms with Gasteiger partial charge in [-0.25, -0.2) is 4.79 Å². The molecule has 0 aromatic rings. The average molecular weight is 248 g/mol. The number of carboxylic acid groups (broad SMARTS) is 1. The van der Waals surface area contributed by atoms with Crippen molar-refractivity contribution in [2.45, 2.75) is 12.8 Å². The minimum atomic E-state index is -1.09. The van der Waals surface area contributed by atoms with E-state index in [0.29, 0.717) is 12.5 Å². The van der Waals surface area contributed by atoms with Crippen molar-refractivity contribution < 1.29 is 14.7 Å². The highest BCUT2D eigenvalue weighted by molar-refractivity contribution is 5.80. The fourth-order valence-electron chi connectivity index (χ4n) is 1.60. The molecule has 0 spiro atoms. The Balaban J connectivity index is 2.66. The van der Waals surface area contributed by atoms with E-state index in [2.05, 4.69) is 11.8 Å². The molecule has 0 aromatic heterocycles. The van der Waals surface area contributed by atoms with Gasteiger partial charge in [-0.1, -0.05) is 11.8 Å². The molecule has 1 saturated carbocycles. The number of carbonyl (C=O) groups is 2. The van der Waals surface area contributed by atoms with E-state index in [4.69, 9.17) is 18.0 Å². The number of amides is 2. The Morgan fingerprint density at radius 3 is 2.17 bits per heavy atom. The van der Waals surface area contributed by atoms with Crippen LogP contribution in [0.4, 0.5) is 4.79 Å². The summed E-state index contributed by atoms with van der Waals surface area (Å²) in [6.45, 7) is 0.311. The predicted octanol–water partition coefficient (Wildman–Crippen LogP) is 0.471. The lowest BCUT2D eigenvalue weighted by Crippen LogP contribution is -2.46. The molecule has 0 heterocycles. The first-order valence-electron chi connectivity index (χ1n) is 5.71. The minimum absolute atomic E-state index is 0.0309. The molecule has 1 aliphatic carbocycles. The quantitative estimate of drug-likeness (QED) is 0.695. The fraction of sp³-hybridized carbons (Fsp3) is 0.538. The third kappa shape index (κ3) is 4.39. The highest BCUT2D eigenvalue weighted by Crippen LogP contribution is 2.29. The second-order valence-electron chi connectivity index (χ2n) is 4.26. The van der Waals surface area contributed by atoms with Gasteiger partial charge in [-0.15, -0.1) is 12.8 Å². The monoisotopic (exact) mass is 248 g/mol. The maximum atomic E-state index is 12.1. The van der Waals surface area contributed by atoms with Crippen LogP contribution in [-0.4, -0.2) is 53.1 Å². The first-order valence-corrected chi connectivity index (χ1v) is 5.71.